The smallest absolute Gasteiger partial charge is 0.225 e. The molecule has 1 aliphatic carbocycles. The molecule has 0 radical (unpaired) electrons. The van der Waals surface area contributed by atoms with E-state index in [0.717, 1.165) is 31.5 Å². The van der Waals surface area contributed by atoms with Gasteiger partial charge in [0.2, 0.25) is 5.91 Å². The average Bonchev–Trinajstić information content (AvgIpc) is 3.30. The van der Waals surface area contributed by atoms with Gasteiger partial charge in [-0.2, -0.15) is 0 Å². The van der Waals surface area contributed by atoms with Gasteiger partial charge in [0.1, 0.15) is 5.75 Å². The van der Waals surface area contributed by atoms with Gasteiger partial charge in [0.05, 0.1) is 19.1 Å². The molecule has 1 aromatic rings. The van der Waals surface area contributed by atoms with Crippen LogP contribution in [0, 0.1) is 0 Å². The molecule has 3 rings (SSSR count). The van der Waals surface area contributed by atoms with E-state index in [-0.39, 0.29) is 17.8 Å². The quantitative estimate of drug-likeness (QED) is 0.857. The number of hydrogen-bond donors (Lipinski definition) is 2. The van der Waals surface area contributed by atoms with E-state index < -0.39 is 0 Å². The molecule has 21 heavy (non-hydrogen) atoms. The van der Waals surface area contributed by atoms with E-state index in [0.29, 0.717) is 25.6 Å². The fourth-order valence-corrected chi connectivity index (χ4v) is 2.72. The first-order valence-corrected chi connectivity index (χ1v) is 7.62. The molecular weight excluding hydrogens is 268 g/mol. The molecule has 0 spiro atoms. The summed E-state index contributed by atoms with van der Waals surface area (Å²) in [6.07, 6.45) is 2.57. The van der Waals surface area contributed by atoms with Crippen LogP contribution < -0.4 is 5.32 Å². The second-order valence-electron chi connectivity index (χ2n) is 5.82. The van der Waals surface area contributed by atoms with Crippen LogP contribution in [0.15, 0.2) is 24.3 Å². The zero-order chi connectivity index (χ0) is 14.7. The summed E-state index contributed by atoms with van der Waals surface area (Å²) in [5.41, 5.74) is 0.970. The standard InChI is InChI=1S/C16H22N2O3/c19-14-3-1-2-12(8-14)11-18(13-4-5-13)16(20)9-15-10-17-6-7-21-15/h1-3,8,13,15,17,19H,4-7,9-11H2. The van der Waals surface area contributed by atoms with Gasteiger partial charge in [-0.1, -0.05) is 12.1 Å². The van der Waals surface area contributed by atoms with Crippen LogP contribution in [0.4, 0.5) is 0 Å². The summed E-state index contributed by atoms with van der Waals surface area (Å²) in [5.74, 6) is 0.394. The maximum absolute atomic E-state index is 12.5. The summed E-state index contributed by atoms with van der Waals surface area (Å²) in [5, 5.41) is 12.8. The number of rotatable bonds is 5. The van der Waals surface area contributed by atoms with Gasteiger partial charge in [-0.05, 0) is 30.5 Å². The molecule has 1 aromatic carbocycles. The summed E-state index contributed by atoms with van der Waals surface area (Å²) in [6, 6.07) is 7.49. The van der Waals surface area contributed by atoms with Crippen molar-refractivity contribution in [3.8, 4) is 5.75 Å². The molecule has 1 saturated carbocycles. The maximum atomic E-state index is 12.5. The zero-order valence-electron chi connectivity index (χ0n) is 12.1. The Morgan fingerprint density at radius 1 is 1.43 bits per heavy atom. The van der Waals surface area contributed by atoms with Gasteiger partial charge in [0.25, 0.3) is 0 Å². The number of aromatic hydroxyl groups is 1. The van der Waals surface area contributed by atoms with Crippen molar-refractivity contribution in [2.75, 3.05) is 19.7 Å². The van der Waals surface area contributed by atoms with E-state index in [4.69, 9.17) is 4.74 Å². The van der Waals surface area contributed by atoms with Crippen molar-refractivity contribution in [3.05, 3.63) is 29.8 Å². The van der Waals surface area contributed by atoms with E-state index in [2.05, 4.69) is 5.32 Å². The topological polar surface area (TPSA) is 61.8 Å². The fraction of sp³-hybridized carbons (Fsp3) is 0.562. The first-order chi connectivity index (χ1) is 10.2. The van der Waals surface area contributed by atoms with E-state index in [1.54, 1.807) is 12.1 Å². The molecular formula is C16H22N2O3. The number of nitrogens with zero attached hydrogens (tertiary/aromatic N) is 1. The third kappa shape index (κ3) is 3.95. The summed E-state index contributed by atoms with van der Waals surface area (Å²) < 4.78 is 5.62. The van der Waals surface area contributed by atoms with Crippen LogP contribution in [-0.2, 0) is 16.1 Å². The Kier molecular flexibility index (Phi) is 4.41. The van der Waals surface area contributed by atoms with Gasteiger partial charge in [-0.15, -0.1) is 0 Å². The van der Waals surface area contributed by atoms with Crippen molar-refractivity contribution in [3.63, 3.8) is 0 Å². The lowest BCUT2D eigenvalue weighted by Gasteiger charge is -2.27. The molecule has 5 heteroatoms. The lowest BCUT2D eigenvalue weighted by molar-refractivity contribution is -0.136. The molecule has 2 fully saturated rings. The van der Waals surface area contributed by atoms with Crippen molar-refractivity contribution in [1.82, 2.24) is 10.2 Å². The number of phenolic OH excluding ortho intramolecular Hbond substituents is 1. The van der Waals surface area contributed by atoms with Crippen molar-refractivity contribution in [1.29, 1.82) is 0 Å². The molecule has 1 heterocycles. The Hall–Kier alpha value is -1.59. The molecule has 1 unspecified atom stereocenters. The highest BCUT2D eigenvalue weighted by Gasteiger charge is 2.33. The average molecular weight is 290 g/mol. The van der Waals surface area contributed by atoms with Gasteiger partial charge in [-0.3, -0.25) is 4.79 Å². The second-order valence-corrected chi connectivity index (χ2v) is 5.82. The normalized spacial score (nSPS) is 22.0. The predicted octanol–water partition coefficient (Wildman–Crippen LogP) is 1.26. The number of carbonyl (C=O) groups is 1. The molecule has 1 atom stereocenters. The van der Waals surface area contributed by atoms with Crippen molar-refractivity contribution >= 4 is 5.91 Å². The predicted molar refractivity (Wildman–Crippen MR) is 78.9 cm³/mol. The number of phenols is 1. The molecule has 2 aliphatic rings. The van der Waals surface area contributed by atoms with E-state index in [1.807, 2.05) is 17.0 Å². The molecule has 114 valence electrons. The molecule has 1 amide bonds. The number of hydrogen-bond acceptors (Lipinski definition) is 4. The maximum Gasteiger partial charge on any atom is 0.225 e. The van der Waals surface area contributed by atoms with E-state index >= 15 is 0 Å². The molecule has 2 N–H and O–H groups in total. The molecule has 0 aromatic heterocycles. The Labute approximate surface area is 124 Å². The number of morpholine rings is 1. The first-order valence-electron chi connectivity index (χ1n) is 7.62. The van der Waals surface area contributed by atoms with Crippen LogP contribution >= 0.6 is 0 Å². The molecule has 5 nitrogen and oxygen atoms in total. The largest absolute Gasteiger partial charge is 0.508 e. The highest BCUT2D eigenvalue weighted by atomic mass is 16.5. The SMILES string of the molecule is O=C(CC1CNCCO1)N(Cc1cccc(O)c1)C1CC1. The van der Waals surface area contributed by atoms with E-state index in [1.165, 1.54) is 0 Å². The van der Waals surface area contributed by atoms with Crippen LogP contribution in [-0.4, -0.2) is 47.8 Å². The first kappa shape index (κ1) is 14.4. The number of amides is 1. The van der Waals surface area contributed by atoms with Crippen LogP contribution in [0.1, 0.15) is 24.8 Å². The Bertz CT molecular complexity index is 496. The Morgan fingerprint density at radius 3 is 2.95 bits per heavy atom. The zero-order valence-corrected chi connectivity index (χ0v) is 12.1. The van der Waals surface area contributed by atoms with Gasteiger partial charge in [0, 0.05) is 25.7 Å². The minimum atomic E-state index is -0.0170. The monoisotopic (exact) mass is 290 g/mol. The van der Waals surface area contributed by atoms with Crippen LogP contribution in [0.2, 0.25) is 0 Å². The van der Waals surface area contributed by atoms with Crippen molar-refractivity contribution in [2.45, 2.75) is 38.0 Å². The minimum Gasteiger partial charge on any atom is -0.508 e. The number of benzene rings is 1. The highest BCUT2D eigenvalue weighted by molar-refractivity contribution is 5.77. The summed E-state index contributed by atoms with van der Waals surface area (Å²) >= 11 is 0. The van der Waals surface area contributed by atoms with Gasteiger partial charge in [0.15, 0.2) is 0 Å². The van der Waals surface area contributed by atoms with Gasteiger partial charge < -0.3 is 20.1 Å². The number of carbonyl (C=O) groups excluding carboxylic acids is 1. The third-order valence-electron chi connectivity index (χ3n) is 3.98. The second kappa shape index (κ2) is 6.45. The summed E-state index contributed by atoms with van der Waals surface area (Å²) in [7, 11) is 0. The minimum absolute atomic E-state index is 0.0170. The summed E-state index contributed by atoms with van der Waals surface area (Å²) in [4.78, 5) is 14.5. The van der Waals surface area contributed by atoms with Crippen LogP contribution in [0.3, 0.4) is 0 Å². The lowest BCUT2D eigenvalue weighted by Crippen LogP contribution is -2.42. The lowest BCUT2D eigenvalue weighted by atomic mass is 10.1. The van der Waals surface area contributed by atoms with Crippen molar-refractivity contribution < 1.29 is 14.6 Å². The third-order valence-corrected chi connectivity index (χ3v) is 3.98. The molecule has 0 bridgehead atoms. The highest BCUT2D eigenvalue weighted by Crippen LogP contribution is 2.29. The Balaban J connectivity index is 1.62. The molecule has 1 saturated heterocycles. The van der Waals surface area contributed by atoms with Gasteiger partial charge in [-0.25, -0.2) is 0 Å². The van der Waals surface area contributed by atoms with Crippen LogP contribution in [0.25, 0.3) is 0 Å². The summed E-state index contributed by atoms with van der Waals surface area (Å²) in [6.45, 7) is 2.85. The van der Waals surface area contributed by atoms with Crippen molar-refractivity contribution in [2.24, 2.45) is 0 Å². The Morgan fingerprint density at radius 2 is 2.29 bits per heavy atom. The number of ether oxygens (including phenoxy) is 1. The van der Waals surface area contributed by atoms with E-state index in [9.17, 15) is 9.90 Å². The van der Waals surface area contributed by atoms with Crippen LogP contribution in [0.5, 0.6) is 5.75 Å². The fourth-order valence-electron chi connectivity index (χ4n) is 2.72. The van der Waals surface area contributed by atoms with Gasteiger partial charge >= 0.3 is 0 Å². The number of nitrogens with one attached hydrogen (secondary N) is 1. The molecule has 1 aliphatic heterocycles.